The number of hydrogen-bond acceptors (Lipinski definition) is 5. The van der Waals surface area contributed by atoms with Gasteiger partial charge in [-0.25, -0.2) is 13.9 Å². The number of fused-ring (bicyclic) bond motifs is 1. The molecule has 34 heavy (non-hydrogen) atoms. The molecular formula is C25H31ClFN5O2. The van der Waals surface area contributed by atoms with Crippen LogP contribution in [0.1, 0.15) is 55.7 Å². The van der Waals surface area contributed by atoms with Crippen molar-refractivity contribution in [2.45, 2.75) is 47.4 Å². The number of aromatic nitrogens is 3. The van der Waals surface area contributed by atoms with Crippen LogP contribution in [-0.4, -0.2) is 33.4 Å². The van der Waals surface area contributed by atoms with E-state index < -0.39 is 6.36 Å². The Hall–Kier alpha value is -3.23. The molecule has 1 amide bonds. The highest BCUT2D eigenvalue weighted by atomic mass is 35.5. The summed E-state index contributed by atoms with van der Waals surface area (Å²) in [6.45, 7) is 9.16. The fourth-order valence-electron chi connectivity index (χ4n) is 3.41. The molecule has 0 aliphatic heterocycles. The summed E-state index contributed by atoms with van der Waals surface area (Å²) in [4.78, 5) is 17.6. The summed E-state index contributed by atoms with van der Waals surface area (Å²) in [6, 6.07) is 6.61. The van der Waals surface area contributed by atoms with E-state index in [1.54, 1.807) is 60.3 Å². The summed E-state index contributed by atoms with van der Waals surface area (Å²) in [5.74, 6) is -0.0693. The lowest BCUT2D eigenvalue weighted by atomic mass is 9.98. The van der Waals surface area contributed by atoms with E-state index in [2.05, 4.69) is 15.4 Å². The van der Waals surface area contributed by atoms with Crippen LogP contribution in [0.5, 0.6) is 5.75 Å². The van der Waals surface area contributed by atoms with Crippen LogP contribution >= 0.6 is 11.6 Å². The second kappa shape index (κ2) is 12.9. The van der Waals surface area contributed by atoms with Crippen molar-refractivity contribution in [1.82, 2.24) is 19.9 Å². The van der Waals surface area contributed by atoms with Gasteiger partial charge in [0.2, 0.25) is 6.36 Å². The Kier molecular flexibility index (Phi) is 10.2. The molecule has 9 heteroatoms. The van der Waals surface area contributed by atoms with Gasteiger partial charge in [0.15, 0.2) is 5.65 Å². The first-order valence-electron chi connectivity index (χ1n) is 11.1. The van der Waals surface area contributed by atoms with Crippen molar-refractivity contribution in [3.63, 3.8) is 0 Å². The van der Waals surface area contributed by atoms with Crippen LogP contribution in [0.4, 0.5) is 4.39 Å². The molecule has 0 bridgehead atoms. The second-order valence-corrected chi connectivity index (χ2v) is 7.47. The van der Waals surface area contributed by atoms with Crippen LogP contribution in [-0.2, 0) is 0 Å². The number of allylic oxidation sites excluding steroid dienone is 2. The number of nitrogens with zero attached hydrogens (tertiary/aromatic N) is 3. The van der Waals surface area contributed by atoms with Gasteiger partial charge in [-0.1, -0.05) is 31.5 Å². The Morgan fingerprint density at radius 2 is 2.12 bits per heavy atom. The standard InChI is InChI=1S/C23H25ClFN5O2.C2H6/c1-4-6-19(28-23(31)21-14(2)29-30-12-5-11-27-22(21)30)17(9-10-26)18-13-16(24)7-8-20(18)32-15(3)25;1-2/h4-8,11-13,15H,9-10,26H2,1-3H3,(H,28,31);1-2H3/b6-4?,19-17-;. The smallest absolute Gasteiger partial charge is 0.261 e. The van der Waals surface area contributed by atoms with Gasteiger partial charge in [-0.2, -0.15) is 5.10 Å². The minimum Gasteiger partial charge on any atom is -0.460 e. The van der Waals surface area contributed by atoms with Crippen molar-refractivity contribution < 1.29 is 13.9 Å². The number of carbonyl (C=O) groups excluding carboxylic acids is 1. The lowest BCUT2D eigenvalue weighted by molar-refractivity contribution is 0.0856. The first-order chi connectivity index (χ1) is 16.3. The molecule has 3 rings (SSSR count). The largest absolute Gasteiger partial charge is 0.460 e. The Bertz CT molecular complexity index is 1190. The highest BCUT2D eigenvalue weighted by Crippen LogP contribution is 2.34. The number of halogens is 2. The summed E-state index contributed by atoms with van der Waals surface area (Å²) in [7, 11) is 0. The molecule has 2 aromatic heterocycles. The van der Waals surface area contributed by atoms with Crippen LogP contribution < -0.4 is 15.8 Å². The van der Waals surface area contributed by atoms with E-state index in [-0.39, 0.29) is 5.91 Å². The summed E-state index contributed by atoms with van der Waals surface area (Å²) in [6.07, 6.45) is 5.73. The van der Waals surface area contributed by atoms with E-state index in [4.69, 9.17) is 22.1 Å². The zero-order valence-corrected chi connectivity index (χ0v) is 20.9. The average Bonchev–Trinajstić information content (AvgIpc) is 3.15. The fourth-order valence-corrected chi connectivity index (χ4v) is 3.58. The van der Waals surface area contributed by atoms with Gasteiger partial charge in [0.1, 0.15) is 11.3 Å². The van der Waals surface area contributed by atoms with E-state index >= 15 is 0 Å². The monoisotopic (exact) mass is 487 g/mol. The number of hydrogen-bond donors (Lipinski definition) is 2. The molecule has 0 saturated carbocycles. The minimum absolute atomic E-state index is 0.292. The van der Waals surface area contributed by atoms with E-state index in [9.17, 15) is 9.18 Å². The highest BCUT2D eigenvalue weighted by molar-refractivity contribution is 6.30. The Morgan fingerprint density at radius 3 is 2.76 bits per heavy atom. The number of ether oxygens (including phenoxy) is 1. The van der Waals surface area contributed by atoms with Crippen molar-refractivity contribution in [3.8, 4) is 5.75 Å². The topological polar surface area (TPSA) is 94.5 Å². The second-order valence-electron chi connectivity index (χ2n) is 7.03. The van der Waals surface area contributed by atoms with Gasteiger partial charge in [0, 0.05) is 35.6 Å². The summed E-state index contributed by atoms with van der Waals surface area (Å²) in [5, 5.41) is 7.74. The number of nitrogens with two attached hydrogens (primary N) is 1. The number of rotatable bonds is 8. The Labute approximate surface area is 204 Å². The molecule has 0 spiro atoms. The maximum atomic E-state index is 13.7. The number of benzene rings is 1. The highest BCUT2D eigenvalue weighted by Gasteiger charge is 2.21. The molecular weight excluding hydrogens is 457 g/mol. The molecule has 1 unspecified atom stereocenters. The maximum Gasteiger partial charge on any atom is 0.261 e. The van der Waals surface area contributed by atoms with Crippen molar-refractivity contribution in [2.24, 2.45) is 5.73 Å². The Balaban J connectivity index is 0.00000199. The Morgan fingerprint density at radius 1 is 1.38 bits per heavy atom. The maximum absolute atomic E-state index is 13.7. The summed E-state index contributed by atoms with van der Waals surface area (Å²) >= 11 is 6.22. The number of amides is 1. The van der Waals surface area contributed by atoms with Crippen LogP contribution in [0.25, 0.3) is 11.2 Å². The molecule has 0 aliphatic carbocycles. The SMILES string of the molecule is CC.CC=C/C(NC(=O)c1c(C)nn2cccnc12)=C(\CCN)c1cc(Cl)ccc1OC(C)F. The third kappa shape index (κ3) is 6.42. The van der Waals surface area contributed by atoms with Crippen molar-refractivity contribution in [1.29, 1.82) is 0 Å². The quantitative estimate of drug-likeness (QED) is 0.410. The van der Waals surface area contributed by atoms with Gasteiger partial charge >= 0.3 is 0 Å². The molecule has 7 nitrogen and oxygen atoms in total. The predicted octanol–water partition coefficient (Wildman–Crippen LogP) is 5.48. The third-order valence-corrected chi connectivity index (χ3v) is 4.89. The van der Waals surface area contributed by atoms with Gasteiger partial charge in [0.05, 0.1) is 5.69 Å². The first kappa shape index (κ1) is 27.0. The molecule has 0 radical (unpaired) electrons. The van der Waals surface area contributed by atoms with Crippen LogP contribution in [0, 0.1) is 6.92 Å². The zero-order valence-electron chi connectivity index (χ0n) is 20.1. The molecule has 1 atom stereocenters. The third-order valence-electron chi connectivity index (χ3n) is 4.65. The minimum atomic E-state index is -1.53. The summed E-state index contributed by atoms with van der Waals surface area (Å²) in [5.41, 5.74) is 8.93. The van der Waals surface area contributed by atoms with Crippen LogP contribution in [0.15, 0.2) is 54.5 Å². The number of aryl methyl sites for hydroxylation is 1. The molecule has 0 aliphatic rings. The number of carbonyl (C=O) groups is 1. The van der Waals surface area contributed by atoms with Gasteiger partial charge in [-0.15, -0.1) is 0 Å². The van der Waals surface area contributed by atoms with Crippen molar-refractivity contribution in [3.05, 3.63) is 76.4 Å². The molecule has 0 saturated heterocycles. The van der Waals surface area contributed by atoms with Gasteiger partial charge in [-0.3, -0.25) is 4.79 Å². The zero-order chi connectivity index (χ0) is 25.3. The van der Waals surface area contributed by atoms with E-state index in [1.807, 2.05) is 20.8 Å². The molecule has 3 N–H and O–H groups in total. The van der Waals surface area contributed by atoms with Gasteiger partial charge in [0.25, 0.3) is 5.91 Å². The fraction of sp³-hybridized carbons (Fsp3) is 0.320. The molecule has 182 valence electrons. The van der Waals surface area contributed by atoms with Crippen molar-refractivity contribution >= 4 is 28.7 Å². The van der Waals surface area contributed by atoms with E-state index in [0.717, 1.165) is 0 Å². The molecule has 3 aromatic rings. The van der Waals surface area contributed by atoms with Gasteiger partial charge < -0.3 is 15.8 Å². The van der Waals surface area contributed by atoms with Crippen LogP contribution in [0.2, 0.25) is 5.02 Å². The first-order valence-corrected chi connectivity index (χ1v) is 11.5. The van der Waals surface area contributed by atoms with Crippen LogP contribution in [0.3, 0.4) is 0 Å². The molecule has 1 aromatic carbocycles. The molecule has 2 heterocycles. The molecule has 0 fully saturated rings. The average molecular weight is 488 g/mol. The lowest BCUT2D eigenvalue weighted by Crippen LogP contribution is -2.24. The van der Waals surface area contributed by atoms with Gasteiger partial charge in [-0.05, 0) is 62.7 Å². The van der Waals surface area contributed by atoms with Crippen molar-refractivity contribution in [2.75, 3.05) is 6.54 Å². The number of alkyl halides is 1. The normalized spacial score (nSPS) is 12.7. The van der Waals surface area contributed by atoms with E-state index in [0.29, 0.717) is 57.5 Å². The summed E-state index contributed by atoms with van der Waals surface area (Å²) < 4.78 is 20.6. The van der Waals surface area contributed by atoms with E-state index in [1.165, 1.54) is 6.92 Å². The lowest BCUT2D eigenvalue weighted by Gasteiger charge is -2.18. The predicted molar refractivity (Wildman–Crippen MR) is 135 cm³/mol. The number of nitrogens with one attached hydrogen (secondary N) is 1.